The van der Waals surface area contributed by atoms with Crippen molar-refractivity contribution in [3.8, 4) is 0 Å². The molecule has 1 unspecified atom stereocenters. The molecule has 1 heterocycles. The minimum Gasteiger partial charge on any atom is -0.326 e. The van der Waals surface area contributed by atoms with Crippen LogP contribution in [0.4, 0.5) is 5.69 Å². The average molecular weight is 435 g/mol. The first-order valence-electron chi connectivity index (χ1n) is 10.6. The molecule has 6 heteroatoms. The molecule has 0 saturated carbocycles. The van der Waals surface area contributed by atoms with E-state index in [1.807, 2.05) is 48.5 Å². The predicted molar refractivity (Wildman–Crippen MR) is 122 cm³/mol. The van der Waals surface area contributed by atoms with E-state index in [2.05, 4.69) is 22.2 Å². The highest BCUT2D eigenvalue weighted by Crippen LogP contribution is 2.27. The van der Waals surface area contributed by atoms with Gasteiger partial charge in [-0.3, -0.25) is 4.79 Å². The Hall–Kier alpha value is -2.96. The number of carbonyl (C=O) groups is 1. The molecule has 0 aliphatic carbocycles. The molecule has 1 amide bonds. The second-order valence-corrected chi connectivity index (χ2v) is 9.54. The summed E-state index contributed by atoms with van der Waals surface area (Å²) in [6.45, 7) is 0. The van der Waals surface area contributed by atoms with Crippen LogP contribution in [0.25, 0.3) is 0 Å². The highest BCUT2D eigenvalue weighted by molar-refractivity contribution is 7.89. The molecule has 4 rings (SSSR count). The highest BCUT2D eigenvalue weighted by Gasteiger charge is 2.23. The predicted octanol–water partition coefficient (Wildman–Crippen LogP) is 4.61. The monoisotopic (exact) mass is 434 g/mol. The van der Waals surface area contributed by atoms with Gasteiger partial charge in [0.1, 0.15) is 0 Å². The molecular weight excluding hydrogens is 408 g/mol. The molecule has 2 N–H and O–H groups in total. The molecule has 3 aromatic rings. The lowest BCUT2D eigenvalue weighted by atomic mass is 10.00. The summed E-state index contributed by atoms with van der Waals surface area (Å²) in [6, 6.07) is 24.5. The molecule has 0 radical (unpaired) electrons. The van der Waals surface area contributed by atoms with Crippen molar-refractivity contribution >= 4 is 21.6 Å². The molecule has 160 valence electrons. The van der Waals surface area contributed by atoms with Gasteiger partial charge in [-0.05, 0) is 60.6 Å². The average Bonchev–Trinajstić information content (AvgIpc) is 2.79. The van der Waals surface area contributed by atoms with Gasteiger partial charge in [0, 0.05) is 18.2 Å². The number of benzene rings is 3. The highest BCUT2D eigenvalue weighted by atomic mass is 32.2. The molecular formula is C25H26N2O3S. The third kappa shape index (κ3) is 5.40. The zero-order valence-corrected chi connectivity index (χ0v) is 18.1. The van der Waals surface area contributed by atoms with E-state index in [4.69, 9.17) is 0 Å². The summed E-state index contributed by atoms with van der Waals surface area (Å²) in [5, 5.41) is 2.79. The van der Waals surface area contributed by atoms with Crippen LogP contribution in [-0.2, 0) is 27.7 Å². The van der Waals surface area contributed by atoms with Crippen molar-refractivity contribution in [3.63, 3.8) is 0 Å². The lowest BCUT2D eigenvalue weighted by Crippen LogP contribution is -2.29. The zero-order valence-electron chi connectivity index (χ0n) is 17.3. The topological polar surface area (TPSA) is 75.3 Å². The lowest BCUT2D eigenvalue weighted by Gasteiger charge is -2.21. The van der Waals surface area contributed by atoms with Crippen LogP contribution in [-0.4, -0.2) is 14.3 Å². The minimum absolute atomic E-state index is 0.0382. The van der Waals surface area contributed by atoms with E-state index < -0.39 is 10.0 Å². The maximum Gasteiger partial charge on any atom is 0.241 e. The fourth-order valence-electron chi connectivity index (χ4n) is 3.92. The summed E-state index contributed by atoms with van der Waals surface area (Å²) >= 11 is 0. The van der Waals surface area contributed by atoms with Crippen molar-refractivity contribution in [2.45, 2.75) is 43.0 Å². The molecule has 1 aliphatic rings. The molecule has 0 spiro atoms. The van der Waals surface area contributed by atoms with Gasteiger partial charge in [0.15, 0.2) is 0 Å². The number of amides is 1. The van der Waals surface area contributed by atoms with Gasteiger partial charge in [-0.2, -0.15) is 0 Å². The second kappa shape index (κ2) is 9.45. The Morgan fingerprint density at radius 3 is 2.35 bits per heavy atom. The van der Waals surface area contributed by atoms with E-state index in [1.54, 1.807) is 18.2 Å². The number of sulfonamides is 1. The maximum atomic E-state index is 13.2. The largest absolute Gasteiger partial charge is 0.326 e. The fourth-order valence-corrected chi connectivity index (χ4v) is 5.23. The number of fused-ring (bicyclic) bond motifs is 1. The lowest BCUT2D eigenvalue weighted by molar-refractivity contribution is -0.116. The van der Waals surface area contributed by atoms with Crippen molar-refractivity contribution in [1.82, 2.24) is 4.72 Å². The smallest absolute Gasteiger partial charge is 0.241 e. The second-order valence-electron chi connectivity index (χ2n) is 7.83. The Morgan fingerprint density at radius 2 is 1.61 bits per heavy atom. The van der Waals surface area contributed by atoms with Gasteiger partial charge in [-0.1, -0.05) is 60.7 Å². The number of rotatable bonds is 8. The number of aryl methyl sites for hydroxylation is 2. The van der Waals surface area contributed by atoms with Crippen LogP contribution in [0.2, 0.25) is 0 Å². The molecule has 0 aromatic heterocycles. The van der Waals surface area contributed by atoms with Crippen molar-refractivity contribution in [3.05, 3.63) is 95.6 Å². The van der Waals surface area contributed by atoms with Crippen LogP contribution in [0, 0.1) is 0 Å². The zero-order chi connectivity index (χ0) is 21.7. The first-order valence-corrected chi connectivity index (χ1v) is 12.0. The van der Waals surface area contributed by atoms with E-state index in [-0.39, 0.29) is 16.8 Å². The van der Waals surface area contributed by atoms with Crippen LogP contribution in [0.5, 0.6) is 0 Å². The summed E-state index contributed by atoms with van der Waals surface area (Å²) in [5.41, 5.74) is 3.73. The van der Waals surface area contributed by atoms with Gasteiger partial charge >= 0.3 is 0 Å². The molecule has 0 fully saturated rings. The summed E-state index contributed by atoms with van der Waals surface area (Å²) < 4.78 is 29.3. The summed E-state index contributed by atoms with van der Waals surface area (Å²) in [4.78, 5) is 11.8. The van der Waals surface area contributed by atoms with Crippen molar-refractivity contribution in [2.24, 2.45) is 0 Å². The summed E-state index contributed by atoms with van der Waals surface area (Å²) in [5.74, 6) is -0.0382. The van der Waals surface area contributed by atoms with E-state index in [1.165, 1.54) is 5.56 Å². The first kappa shape index (κ1) is 21.3. The number of nitrogens with one attached hydrogen (secondary N) is 2. The fraction of sp³-hybridized carbons (Fsp3) is 0.240. The third-order valence-corrected chi connectivity index (χ3v) is 7.05. The number of carbonyl (C=O) groups excluding carboxylic acids is 1. The van der Waals surface area contributed by atoms with Gasteiger partial charge in [0.05, 0.1) is 4.90 Å². The number of anilines is 1. The summed E-state index contributed by atoms with van der Waals surface area (Å²) in [6.07, 6.45) is 3.37. The molecule has 1 atom stereocenters. The number of hydrogen-bond acceptors (Lipinski definition) is 3. The third-order valence-electron chi connectivity index (χ3n) is 5.58. The van der Waals surface area contributed by atoms with Gasteiger partial charge in [-0.25, -0.2) is 13.1 Å². The van der Waals surface area contributed by atoms with Gasteiger partial charge in [0.25, 0.3) is 0 Å². The number of hydrogen-bond donors (Lipinski definition) is 2. The van der Waals surface area contributed by atoms with Gasteiger partial charge < -0.3 is 5.32 Å². The molecule has 0 bridgehead atoms. The van der Waals surface area contributed by atoms with Crippen molar-refractivity contribution in [1.29, 1.82) is 0 Å². The van der Waals surface area contributed by atoms with E-state index in [0.29, 0.717) is 24.9 Å². The van der Waals surface area contributed by atoms with Crippen molar-refractivity contribution in [2.75, 3.05) is 5.32 Å². The molecule has 0 saturated heterocycles. The molecule has 3 aromatic carbocycles. The minimum atomic E-state index is -3.71. The van der Waals surface area contributed by atoms with Crippen LogP contribution in [0.3, 0.4) is 0 Å². The SMILES string of the molecule is O=C1CCc2cc(S(=O)(=O)NC(CCCc3ccccc3)c3ccccc3)ccc2N1. The van der Waals surface area contributed by atoms with Gasteiger partial charge in [-0.15, -0.1) is 0 Å². The quantitative estimate of drug-likeness (QED) is 0.543. The molecule has 1 aliphatic heterocycles. The van der Waals surface area contributed by atoms with E-state index in [0.717, 1.165) is 24.0 Å². The van der Waals surface area contributed by atoms with Crippen LogP contribution < -0.4 is 10.0 Å². The normalized spacial score (nSPS) is 14.5. The van der Waals surface area contributed by atoms with Crippen LogP contribution in [0.15, 0.2) is 83.8 Å². The van der Waals surface area contributed by atoms with E-state index in [9.17, 15) is 13.2 Å². The Kier molecular flexibility index (Phi) is 6.49. The molecule has 5 nitrogen and oxygen atoms in total. The maximum absolute atomic E-state index is 13.2. The Bertz CT molecular complexity index is 1150. The first-order chi connectivity index (χ1) is 15.0. The van der Waals surface area contributed by atoms with E-state index >= 15 is 0 Å². The summed E-state index contributed by atoms with van der Waals surface area (Å²) in [7, 11) is -3.71. The molecule has 31 heavy (non-hydrogen) atoms. The Morgan fingerprint density at radius 1 is 0.903 bits per heavy atom. The Balaban J connectivity index is 1.52. The van der Waals surface area contributed by atoms with Crippen LogP contribution >= 0.6 is 0 Å². The van der Waals surface area contributed by atoms with Gasteiger partial charge in [0.2, 0.25) is 15.9 Å². The van der Waals surface area contributed by atoms with Crippen molar-refractivity contribution < 1.29 is 13.2 Å². The Labute approximate surface area is 183 Å². The standard InChI is InChI=1S/C25H26N2O3S/c28-25-17-14-21-18-22(15-16-23(21)26-25)31(29,30)27-24(20-11-5-2-6-12-20)13-7-10-19-8-3-1-4-9-19/h1-6,8-9,11-12,15-16,18,24,27H,7,10,13-14,17H2,(H,26,28). The van der Waals surface area contributed by atoms with Crippen LogP contribution in [0.1, 0.15) is 42.0 Å².